The molecule has 1 aliphatic carbocycles. The van der Waals surface area contributed by atoms with E-state index in [2.05, 4.69) is 15.4 Å². The molecule has 88 valence electrons. The zero-order valence-electron chi connectivity index (χ0n) is 9.39. The molecule has 0 amide bonds. The van der Waals surface area contributed by atoms with Crippen molar-refractivity contribution in [3.8, 4) is 0 Å². The molecule has 1 saturated carbocycles. The van der Waals surface area contributed by atoms with Gasteiger partial charge in [-0.1, -0.05) is 0 Å². The van der Waals surface area contributed by atoms with Gasteiger partial charge in [-0.3, -0.25) is 4.68 Å². The molecule has 1 aromatic heterocycles. The van der Waals surface area contributed by atoms with E-state index in [-0.39, 0.29) is 0 Å². The van der Waals surface area contributed by atoms with Gasteiger partial charge in [-0.25, -0.2) is 4.99 Å². The maximum atomic E-state index is 5.73. The number of aromatic nitrogens is 2. The lowest BCUT2D eigenvalue weighted by atomic mass is 10.5. The van der Waals surface area contributed by atoms with E-state index in [9.17, 15) is 0 Å². The van der Waals surface area contributed by atoms with E-state index in [0.29, 0.717) is 18.6 Å². The summed E-state index contributed by atoms with van der Waals surface area (Å²) in [6.45, 7) is 1.38. The van der Waals surface area contributed by atoms with E-state index < -0.39 is 0 Å². The number of guanidine groups is 1. The van der Waals surface area contributed by atoms with Gasteiger partial charge in [0.15, 0.2) is 5.96 Å². The van der Waals surface area contributed by atoms with Gasteiger partial charge in [0.2, 0.25) is 0 Å². The summed E-state index contributed by atoms with van der Waals surface area (Å²) >= 11 is 0. The van der Waals surface area contributed by atoms with Crippen molar-refractivity contribution in [2.75, 3.05) is 19.0 Å². The molecule has 6 heteroatoms. The molecular weight excluding hydrogens is 206 g/mol. The Balaban J connectivity index is 1.86. The highest BCUT2D eigenvalue weighted by Gasteiger charge is 2.20. The fourth-order valence-electron chi connectivity index (χ4n) is 1.32. The lowest BCUT2D eigenvalue weighted by Crippen LogP contribution is -2.22. The average molecular weight is 223 g/mol. The minimum Gasteiger partial charge on any atom is -0.383 e. The van der Waals surface area contributed by atoms with E-state index >= 15 is 0 Å². The van der Waals surface area contributed by atoms with Crippen LogP contribution in [0.4, 0.5) is 5.69 Å². The predicted molar refractivity (Wildman–Crippen MR) is 62.4 cm³/mol. The topological polar surface area (TPSA) is 77.5 Å². The summed E-state index contributed by atoms with van der Waals surface area (Å²) < 4.78 is 6.77. The van der Waals surface area contributed by atoms with Crippen molar-refractivity contribution >= 4 is 11.6 Å². The molecule has 1 aliphatic rings. The van der Waals surface area contributed by atoms with Crippen LogP contribution in [0.1, 0.15) is 12.8 Å². The van der Waals surface area contributed by atoms with Crippen molar-refractivity contribution in [3.05, 3.63) is 12.4 Å². The Morgan fingerprint density at radius 2 is 2.56 bits per heavy atom. The minimum atomic E-state index is 0.427. The molecule has 1 aromatic rings. The predicted octanol–water partition coefficient (Wildman–Crippen LogP) is 0.418. The van der Waals surface area contributed by atoms with E-state index in [1.54, 1.807) is 18.0 Å². The maximum absolute atomic E-state index is 5.73. The van der Waals surface area contributed by atoms with Crippen LogP contribution in [0.15, 0.2) is 17.4 Å². The highest BCUT2D eigenvalue weighted by Crippen LogP contribution is 2.23. The number of nitrogens with one attached hydrogen (secondary N) is 1. The second-order valence-electron chi connectivity index (χ2n) is 3.86. The zero-order chi connectivity index (χ0) is 11.4. The number of hydrogen-bond acceptors (Lipinski definition) is 3. The van der Waals surface area contributed by atoms with E-state index in [0.717, 1.165) is 25.1 Å². The Bertz CT molecular complexity index is 369. The molecule has 0 radical (unpaired) electrons. The van der Waals surface area contributed by atoms with Crippen LogP contribution in [-0.2, 0) is 11.3 Å². The molecule has 16 heavy (non-hydrogen) atoms. The molecule has 6 nitrogen and oxygen atoms in total. The Hall–Kier alpha value is -1.56. The second-order valence-corrected chi connectivity index (χ2v) is 3.86. The van der Waals surface area contributed by atoms with Crippen LogP contribution in [0.2, 0.25) is 0 Å². The van der Waals surface area contributed by atoms with E-state index in [1.165, 1.54) is 0 Å². The first-order chi connectivity index (χ1) is 7.78. The van der Waals surface area contributed by atoms with Gasteiger partial charge in [0.1, 0.15) is 0 Å². The molecule has 0 unspecified atom stereocenters. The normalized spacial score (nSPS) is 16.4. The fraction of sp³-hybridized carbons (Fsp3) is 0.600. The number of methoxy groups -OCH3 is 1. The van der Waals surface area contributed by atoms with Crippen molar-refractivity contribution in [1.29, 1.82) is 0 Å². The molecule has 1 heterocycles. The van der Waals surface area contributed by atoms with Crippen molar-refractivity contribution < 1.29 is 4.74 Å². The van der Waals surface area contributed by atoms with E-state index in [1.807, 2.05) is 6.20 Å². The molecule has 0 aromatic carbocycles. The van der Waals surface area contributed by atoms with Gasteiger partial charge in [0.05, 0.1) is 31.1 Å². The third-order valence-corrected chi connectivity index (χ3v) is 2.30. The van der Waals surface area contributed by atoms with Crippen molar-refractivity contribution in [2.45, 2.75) is 25.4 Å². The number of hydrogen-bond donors (Lipinski definition) is 2. The highest BCUT2D eigenvalue weighted by molar-refractivity contribution is 5.92. The van der Waals surface area contributed by atoms with Crippen molar-refractivity contribution in [1.82, 2.24) is 9.78 Å². The van der Waals surface area contributed by atoms with Gasteiger partial charge in [-0.15, -0.1) is 0 Å². The summed E-state index contributed by atoms with van der Waals surface area (Å²) in [7, 11) is 1.67. The molecule has 0 bridgehead atoms. The number of nitrogens with two attached hydrogens (primary N) is 1. The molecule has 0 atom stereocenters. The fourth-order valence-corrected chi connectivity index (χ4v) is 1.32. The smallest absolute Gasteiger partial charge is 0.193 e. The molecule has 2 rings (SSSR count). The summed E-state index contributed by atoms with van der Waals surface area (Å²) in [5.41, 5.74) is 6.59. The van der Waals surface area contributed by atoms with Crippen LogP contribution in [0.3, 0.4) is 0 Å². The Morgan fingerprint density at radius 3 is 3.25 bits per heavy atom. The number of anilines is 1. The zero-order valence-corrected chi connectivity index (χ0v) is 9.39. The van der Waals surface area contributed by atoms with Gasteiger partial charge < -0.3 is 15.8 Å². The third-order valence-electron chi connectivity index (χ3n) is 2.30. The second kappa shape index (κ2) is 4.98. The first-order valence-corrected chi connectivity index (χ1v) is 5.39. The van der Waals surface area contributed by atoms with Crippen molar-refractivity contribution in [2.24, 2.45) is 10.7 Å². The van der Waals surface area contributed by atoms with Crippen LogP contribution >= 0.6 is 0 Å². The van der Waals surface area contributed by atoms with Crippen LogP contribution in [0.5, 0.6) is 0 Å². The molecule has 0 saturated heterocycles. The number of ether oxygens (including phenoxy) is 1. The lowest BCUT2D eigenvalue weighted by Gasteiger charge is -2.01. The first kappa shape index (κ1) is 10.9. The van der Waals surface area contributed by atoms with Crippen LogP contribution in [0, 0.1) is 0 Å². The van der Waals surface area contributed by atoms with E-state index in [4.69, 9.17) is 10.5 Å². The molecule has 1 fully saturated rings. The minimum absolute atomic E-state index is 0.427. The summed E-state index contributed by atoms with van der Waals surface area (Å²) in [4.78, 5) is 4.28. The molecular formula is C10H17N5O. The number of rotatable bonds is 5. The van der Waals surface area contributed by atoms with Crippen LogP contribution in [0.25, 0.3) is 0 Å². The first-order valence-electron chi connectivity index (χ1n) is 5.39. The summed E-state index contributed by atoms with van der Waals surface area (Å²) in [5, 5.41) is 7.18. The summed E-state index contributed by atoms with van der Waals surface area (Å²) in [5.74, 6) is 0.466. The molecule has 0 aliphatic heterocycles. The Kier molecular flexibility index (Phi) is 3.40. The summed E-state index contributed by atoms with van der Waals surface area (Å²) in [6, 6.07) is 0.427. The van der Waals surface area contributed by atoms with Crippen LogP contribution in [-0.4, -0.2) is 35.5 Å². The Morgan fingerprint density at radius 1 is 1.75 bits per heavy atom. The highest BCUT2D eigenvalue weighted by atomic mass is 16.5. The van der Waals surface area contributed by atoms with Crippen LogP contribution < -0.4 is 11.1 Å². The third kappa shape index (κ3) is 3.23. The SMILES string of the molecule is COCCn1cc(NC(N)=NC2CC2)cn1. The van der Waals surface area contributed by atoms with Gasteiger partial charge in [-0.2, -0.15) is 5.10 Å². The van der Waals surface area contributed by atoms with Gasteiger partial charge in [-0.05, 0) is 12.8 Å². The maximum Gasteiger partial charge on any atom is 0.193 e. The molecule has 0 spiro atoms. The quantitative estimate of drug-likeness (QED) is 0.560. The monoisotopic (exact) mass is 223 g/mol. The largest absolute Gasteiger partial charge is 0.383 e. The lowest BCUT2D eigenvalue weighted by molar-refractivity contribution is 0.183. The summed E-state index contributed by atoms with van der Waals surface area (Å²) in [6.07, 6.45) is 5.91. The number of aliphatic imine (C=N–C) groups is 1. The van der Waals surface area contributed by atoms with Crippen molar-refractivity contribution in [3.63, 3.8) is 0 Å². The van der Waals surface area contributed by atoms with Gasteiger partial charge in [0.25, 0.3) is 0 Å². The van der Waals surface area contributed by atoms with Gasteiger partial charge in [0, 0.05) is 13.3 Å². The Labute approximate surface area is 94.5 Å². The number of nitrogens with zero attached hydrogens (tertiary/aromatic N) is 3. The van der Waals surface area contributed by atoms with Gasteiger partial charge >= 0.3 is 0 Å². The average Bonchev–Trinajstić information content (AvgIpc) is 2.94. The standard InChI is InChI=1S/C10H17N5O/c1-16-5-4-15-7-9(6-12-15)14-10(11)13-8-2-3-8/h6-8H,2-5H2,1H3,(H3,11,13,14). The molecule has 3 N–H and O–H groups in total.